The van der Waals surface area contributed by atoms with E-state index in [4.69, 9.17) is 0 Å². The van der Waals surface area contributed by atoms with Gasteiger partial charge in [-0.1, -0.05) is 0 Å². The van der Waals surface area contributed by atoms with E-state index in [1.807, 2.05) is 13.0 Å². The van der Waals surface area contributed by atoms with Crippen LogP contribution in [-0.2, 0) is 0 Å². The van der Waals surface area contributed by atoms with Crippen LogP contribution in [0.5, 0.6) is 0 Å². The fourth-order valence-electron chi connectivity index (χ4n) is 2.26. The molecule has 1 aliphatic heterocycles. The number of nitro groups is 1. The van der Waals surface area contributed by atoms with Crippen LogP contribution < -0.4 is 10.2 Å². The fraction of sp³-hybridized carbons (Fsp3) is 0.500. The van der Waals surface area contributed by atoms with Crippen LogP contribution in [0.2, 0.25) is 0 Å². The van der Waals surface area contributed by atoms with E-state index in [1.165, 1.54) is 0 Å². The molecule has 1 aromatic rings. The summed E-state index contributed by atoms with van der Waals surface area (Å²) in [6, 6.07) is 5.53. The van der Waals surface area contributed by atoms with Crippen LogP contribution in [0.25, 0.3) is 0 Å². The number of non-ortho nitro benzene ring substituents is 1. The SMILES string of the molecule is Cc1cc([N+](=O)[O-])ccc1N1CCNC(C)C1. The highest BCUT2D eigenvalue weighted by Crippen LogP contribution is 2.25. The summed E-state index contributed by atoms with van der Waals surface area (Å²) in [5.74, 6) is 0. The Morgan fingerprint density at radius 1 is 1.53 bits per heavy atom. The second kappa shape index (κ2) is 4.71. The first kappa shape index (κ1) is 11.9. The second-order valence-electron chi connectivity index (χ2n) is 4.53. The molecule has 92 valence electrons. The summed E-state index contributed by atoms with van der Waals surface area (Å²) < 4.78 is 0. The normalized spacial score (nSPS) is 20.4. The van der Waals surface area contributed by atoms with Crippen molar-refractivity contribution in [3.8, 4) is 0 Å². The van der Waals surface area contributed by atoms with Gasteiger partial charge in [-0.3, -0.25) is 10.1 Å². The van der Waals surface area contributed by atoms with Gasteiger partial charge in [0.1, 0.15) is 0 Å². The summed E-state index contributed by atoms with van der Waals surface area (Å²) in [4.78, 5) is 12.6. The predicted octanol–water partition coefficient (Wildman–Crippen LogP) is 1.70. The molecule has 1 saturated heterocycles. The maximum absolute atomic E-state index is 10.7. The zero-order valence-electron chi connectivity index (χ0n) is 10.1. The molecule has 1 heterocycles. The van der Waals surface area contributed by atoms with Crippen LogP contribution in [-0.4, -0.2) is 30.6 Å². The molecule has 17 heavy (non-hydrogen) atoms. The lowest BCUT2D eigenvalue weighted by atomic mass is 10.1. The largest absolute Gasteiger partial charge is 0.368 e. The van der Waals surface area contributed by atoms with E-state index in [1.54, 1.807) is 12.1 Å². The number of rotatable bonds is 2. The summed E-state index contributed by atoms with van der Waals surface area (Å²) in [6.45, 7) is 6.92. The zero-order chi connectivity index (χ0) is 12.4. The quantitative estimate of drug-likeness (QED) is 0.626. The molecule has 1 fully saturated rings. The Morgan fingerprint density at radius 2 is 2.29 bits per heavy atom. The molecule has 5 nitrogen and oxygen atoms in total. The van der Waals surface area contributed by atoms with E-state index in [2.05, 4.69) is 17.1 Å². The highest BCUT2D eigenvalue weighted by molar-refractivity contribution is 5.57. The average molecular weight is 235 g/mol. The molecule has 0 amide bonds. The summed E-state index contributed by atoms with van der Waals surface area (Å²) in [5, 5.41) is 14.1. The number of benzene rings is 1. The Kier molecular flexibility index (Phi) is 3.28. The number of aryl methyl sites for hydroxylation is 1. The van der Waals surface area contributed by atoms with Crippen molar-refractivity contribution in [3.05, 3.63) is 33.9 Å². The highest BCUT2D eigenvalue weighted by Gasteiger charge is 2.18. The van der Waals surface area contributed by atoms with Crippen LogP contribution >= 0.6 is 0 Å². The Labute approximate surface area is 101 Å². The second-order valence-corrected chi connectivity index (χ2v) is 4.53. The predicted molar refractivity (Wildman–Crippen MR) is 67.5 cm³/mol. The van der Waals surface area contributed by atoms with E-state index >= 15 is 0 Å². The molecule has 1 atom stereocenters. The summed E-state index contributed by atoms with van der Waals surface area (Å²) >= 11 is 0. The fourth-order valence-corrected chi connectivity index (χ4v) is 2.26. The topological polar surface area (TPSA) is 58.4 Å². The zero-order valence-corrected chi connectivity index (χ0v) is 10.1. The van der Waals surface area contributed by atoms with Crippen LogP contribution in [0.1, 0.15) is 12.5 Å². The van der Waals surface area contributed by atoms with Gasteiger partial charge in [-0.15, -0.1) is 0 Å². The Bertz CT molecular complexity index is 434. The van der Waals surface area contributed by atoms with Crippen molar-refractivity contribution in [1.82, 2.24) is 5.32 Å². The molecule has 2 rings (SSSR count). The van der Waals surface area contributed by atoms with Crippen molar-refractivity contribution in [1.29, 1.82) is 0 Å². The van der Waals surface area contributed by atoms with Gasteiger partial charge in [-0.2, -0.15) is 0 Å². The van der Waals surface area contributed by atoms with Gasteiger partial charge >= 0.3 is 0 Å². The molecule has 1 aliphatic rings. The minimum absolute atomic E-state index is 0.162. The van der Waals surface area contributed by atoms with Crippen molar-refractivity contribution in [2.45, 2.75) is 19.9 Å². The number of piperazine rings is 1. The number of nitrogens with one attached hydrogen (secondary N) is 1. The van der Waals surface area contributed by atoms with Gasteiger partial charge in [0, 0.05) is 43.5 Å². The van der Waals surface area contributed by atoms with Gasteiger partial charge < -0.3 is 10.2 Å². The van der Waals surface area contributed by atoms with Gasteiger partial charge in [0.2, 0.25) is 0 Å². The van der Waals surface area contributed by atoms with Crippen molar-refractivity contribution in [2.24, 2.45) is 0 Å². The lowest BCUT2D eigenvalue weighted by Crippen LogP contribution is -2.49. The molecule has 0 spiro atoms. The lowest BCUT2D eigenvalue weighted by Gasteiger charge is -2.34. The first-order valence-corrected chi connectivity index (χ1v) is 5.81. The lowest BCUT2D eigenvalue weighted by molar-refractivity contribution is -0.384. The Morgan fingerprint density at radius 3 is 2.88 bits per heavy atom. The average Bonchev–Trinajstić information content (AvgIpc) is 2.28. The smallest absolute Gasteiger partial charge is 0.269 e. The van der Waals surface area contributed by atoms with Gasteiger partial charge in [0.25, 0.3) is 5.69 Å². The van der Waals surface area contributed by atoms with Gasteiger partial charge in [-0.05, 0) is 25.5 Å². The van der Waals surface area contributed by atoms with Crippen molar-refractivity contribution in [3.63, 3.8) is 0 Å². The minimum Gasteiger partial charge on any atom is -0.368 e. The van der Waals surface area contributed by atoms with Crippen molar-refractivity contribution in [2.75, 3.05) is 24.5 Å². The molecule has 1 unspecified atom stereocenters. The maximum Gasteiger partial charge on any atom is 0.269 e. The third-order valence-corrected chi connectivity index (χ3v) is 3.10. The molecule has 5 heteroatoms. The molecule has 0 aromatic heterocycles. The van der Waals surface area contributed by atoms with Crippen LogP contribution in [0.3, 0.4) is 0 Å². The number of nitrogens with zero attached hydrogens (tertiary/aromatic N) is 2. The number of nitro benzene ring substituents is 1. The third-order valence-electron chi connectivity index (χ3n) is 3.10. The maximum atomic E-state index is 10.7. The van der Waals surface area contributed by atoms with Gasteiger partial charge in [0.05, 0.1) is 4.92 Å². The first-order chi connectivity index (χ1) is 8.08. The van der Waals surface area contributed by atoms with Crippen LogP contribution in [0, 0.1) is 17.0 Å². The highest BCUT2D eigenvalue weighted by atomic mass is 16.6. The van der Waals surface area contributed by atoms with E-state index in [0.29, 0.717) is 6.04 Å². The summed E-state index contributed by atoms with van der Waals surface area (Å²) in [7, 11) is 0. The first-order valence-electron chi connectivity index (χ1n) is 5.81. The van der Waals surface area contributed by atoms with Crippen LogP contribution in [0.4, 0.5) is 11.4 Å². The number of anilines is 1. The number of hydrogen-bond acceptors (Lipinski definition) is 4. The molecule has 0 saturated carbocycles. The van der Waals surface area contributed by atoms with E-state index in [9.17, 15) is 10.1 Å². The standard InChI is InChI=1S/C12H17N3O2/c1-9-7-11(15(16)17)3-4-12(9)14-6-5-13-10(2)8-14/h3-4,7,10,13H,5-6,8H2,1-2H3. The Hall–Kier alpha value is -1.62. The summed E-state index contributed by atoms with van der Waals surface area (Å²) in [5.41, 5.74) is 2.23. The monoisotopic (exact) mass is 235 g/mol. The number of hydrogen-bond donors (Lipinski definition) is 1. The summed E-state index contributed by atoms with van der Waals surface area (Å²) in [6.07, 6.45) is 0. The van der Waals surface area contributed by atoms with Gasteiger partial charge in [0.15, 0.2) is 0 Å². The van der Waals surface area contributed by atoms with Crippen molar-refractivity contribution < 1.29 is 4.92 Å². The molecule has 0 radical (unpaired) electrons. The third kappa shape index (κ3) is 2.55. The molecular formula is C12H17N3O2. The van der Waals surface area contributed by atoms with E-state index in [0.717, 1.165) is 30.9 Å². The molecule has 0 bridgehead atoms. The molecule has 1 aromatic carbocycles. The van der Waals surface area contributed by atoms with Crippen LogP contribution in [0.15, 0.2) is 18.2 Å². The molecule has 0 aliphatic carbocycles. The van der Waals surface area contributed by atoms with Gasteiger partial charge in [-0.25, -0.2) is 0 Å². The molecular weight excluding hydrogens is 218 g/mol. The van der Waals surface area contributed by atoms with E-state index < -0.39 is 0 Å². The Balaban J connectivity index is 2.23. The van der Waals surface area contributed by atoms with Crippen molar-refractivity contribution >= 4 is 11.4 Å². The molecule has 1 N–H and O–H groups in total. The minimum atomic E-state index is -0.350. The van der Waals surface area contributed by atoms with E-state index in [-0.39, 0.29) is 10.6 Å².